The van der Waals surface area contributed by atoms with Crippen LogP contribution in [-0.2, 0) is 131 Å². The molecule has 4 radical (unpaired) electrons. The van der Waals surface area contributed by atoms with Gasteiger partial charge in [0, 0.05) is 131 Å². The van der Waals surface area contributed by atoms with Gasteiger partial charge < -0.3 is 24.2 Å². The predicted molar refractivity (Wildman–Crippen MR) is 22.6 cm³/mol. The Bertz CT molecular complexity index is 36.8. The van der Waals surface area contributed by atoms with Crippen molar-refractivity contribution in [2.75, 3.05) is 0 Å². The van der Waals surface area contributed by atoms with Crippen molar-refractivity contribution < 1.29 is 131 Å². The van der Waals surface area contributed by atoms with Crippen LogP contribution < -0.4 is 5.73 Å². The van der Waals surface area contributed by atoms with Crippen LogP contribution in [0.2, 0.25) is 0 Å². The van der Waals surface area contributed by atoms with Crippen molar-refractivity contribution in [3.8, 4) is 0 Å². The predicted octanol–water partition coefficient (Wildman–Crippen LogP) is 0.464. The summed E-state index contributed by atoms with van der Waals surface area (Å²) < 4.78 is 0. The maximum absolute atomic E-state index is 6.17. The van der Waals surface area contributed by atoms with E-state index in [0.29, 0.717) is 0 Å². The zero-order valence-corrected chi connectivity index (χ0v) is 16.5. The van der Waals surface area contributed by atoms with E-state index in [1.807, 2.05) is 0 Å². The first-order valence-corrected chi connectivity index (χ1v) is 0.892. The van der Waals surface area contributed by atoms with Crippen molar-refractivity contribution in [1.29, 1.82) is 5.41 Å². The summed E-state index contributed by atoms with van der Waals surface area (Å²) in [4.78, 5) is 0. The van der Waals surface area contributed by atoms with E-state index in [1.165, 1.54) is 0 Å². The van der Waals surface area contributed by atoms with Crippen molar-refractivity contribution in [3.63, 3.8) is 0 Å². The molecule has 0 rings (SSSR count). The molecule has 0 aliphatic rings. The zero-order chi connectivity index (χ0) is 3.58. The number of hydrogen-bond donors (Lipinski definition) is 2. The molecule has 0 aromatic carbocycles. The summed E-state index contributed by atoms with van der Waals surface area (Å²) >= 11 is 0. The molecule has 0 aromatic rings. The molecule has 5 N–H and O–H groups in total. The summed E-state index contributed by atoms with van der Waals surface area (Å²) in [7, 11) is 0. The quantitative estimate of drug-likeness (QED) is 0.328. The van der Waals surface area contributed by atoms with Crippen molar-refractivity contribution in [3.05, 3.63) is 13.1 Å². The summed E-state index contributed by atoms with van der Waals surface area (Å²) in [5.41, 5.74) is 4.58. The number of nitrogens with one attached hydrogen (secondary N) is 1. The van der Waals surface area contributed by atoms with Crippen LogP contribution in [0.4, 0.5) is 0 Å². The first-order chi connectivity index (χ1) is 1.73. The fourth-order valence-electron chi connectivity index (χ4n) is 0. The van der Waals surface area contributed by atoms with Crippen LogP contribution in [0, 0.1) is 12.3 Å². The van der Waals surface area contributed by atoms with Gasteiger partial charge in [0.25, 0.3) is 0 Å². The Labute approximate surface area is 157 Å². The van der Waals surface area contributed by atoms with Crippen LogP contribution in [0.3, 0.4) is 0 Å². The summed E-state index contributed by atoms with van der Waals surface area (Å²) in [6, 6.07) is 0. The second-order valence-corrected chi connectivity index (χ2v) is 0.525. The van der Waals surface area contributed by atoms with Gasteiger partial charge in [0.1, 0.15) is 0 Å². The minimum absolute atomic E-state index is 0. The Hall–Kier alpha value is 3.72. The van der Waals surface area contributed by atoms with Gasteiger partial charge >= 0.3 is 0 Å². The van der Waals surface area contributed by atoms with Crippen LogP contribution in [0.25, 0.3) is 6.15 Å². The van der Waals surface area contributed by atoms with E-state index in [2.05, 4.69) is 12.7 Å². The first-order valence-electron chi connectivity index (χ1n) is 0.892. The zero-order valence-electron chi connectivity index (χ0n) is 5.17. The van der Waals surface area contributed by atoms with Gasteiger partial charge in [-0.15, -0.1) is 0 Å². The minimum Gasteiger partial charge on any atom is -0.693 e. The van der Waals surface area contributed by atoms with Gasteiger partial charge in [-0.2, -0.15) is 0 Å². The van der Waals surface area contributed by atoms with Crippen LogP contribution in [0.5, 0.6) is 0 Å². The monoisotopic (exact) mass is 429 g/mol. The molecular formula is C2H7N3Y4-2. The molecule has 3 nitrogen and oxygen atoms in total. The number of rotatable bonds is 0. The standard InChI is InChI=1S/C2H5N2.H2N.4Y/c1-2(3)4;;;;;/h1H2,(H3,3,4);1H2;;;;/q2*-1;;;;. The van der Waals surface area contributed by atoms with Crippen LogP contribution in [0.1, 0.15) is 0 Å². The summed E-state index contributed by atoms with van der Waals surface area (Å²) in [6.07, 6.45) is 0. The van der Waals surface area contributed by atoms with Gasteiger partial charge in [0.2, 0.25) is 0 Å². The third-order valence-corrected chi connectivity index (χ3v) is 0. The fourth-order valence-corrected chi connectivity index (χ4v) is 0. The molecule has 0 spiro atoms. The Kier molecular flexibility index (Phi) is 128. The molecule has 0 saturated heterocycles. The Balaban J connectivity index is -0.00000000450. The van der Waals surface area contributed by atoms with Crippen LogP contribution >= 0.6 is 0 Å². The average Bonchev–Trinajstić information content (AvgIpc) is 0.811. The molecule has 9 heavy (non-hydrogen) atoms. The van der Waals surface area contributed by atoms with Gasteiger partial charge in [-0.25, -0.2) is 0 Å². The smallest absolute Gasteiger partial charge is 0 e. The second-order valence-electron chi connectivity index (χ2n) is 0.525. The Morgan fingerprint density at radius 1 is 1.11 bits per heavy atom. The molecule has 0 atom stereocenters. The largest absolute Gasteiger partial charge is 0.693 e. The molecule has 0 heterocycles. The van der Waals surface area contributed by atoms with Crippen molar-refractivity contribution in [2.24, 2.45) is 5.73 Å². The molecule has 0 amide bonds. The number of hydrogen-bond acceptors (Lipinski definition) is 1. The van der Waals surface area contributed by atoms with Gasteiger partial charge in [0.15, 0.2) is 0 Å². The number of nitrogens with two attached hydrogens (primary N) is 2. The van der Waals surface area contributed by atoms with E-state index in [4.69, 9.17) is 5.41 Å². The molecule has 0 unspecified atom stereocenters. The first kappa shape index (κ1) is 38.7. The maximum atomic E-state index is 6.17. The van der Waals surface area contributed by atoms with E-state index in [9.17, 15) is 0 Å². The fraction of sp³-hybridized carbons (Fsp3) is 0. The summed E-state index contributed by atoms with van der Waals surface area (Å²) in [6.45, 7) is 3.00. The molecule has 0 fully saturated rings. The molecule has 44 valence electrons. The second kappa shape index (κ2) is 29.8. The van der Waals surface area contributed by atoms with E-state index in [-0.39, 0.29) is 143 Å². The summed E-state index contributed by atoms with van der Waals surface area (Å²) in [5.74, 6) is -0.0833. The molecule has 0 bridgehead atoms. The van der Waals surface area contributed by atoms with Gasteiger partial charge in [0.05, 0.1) is 0 Å². The van der Waals surface area contributed by atoms with Gasteiger partial charge in [-0.05, 0) is 0 Å². The van der Waals surface area contributed by atoms with Crippen molar-refractivity contribution in [2.45, 2.75) is 0 Å². The normalized spacial score (nSPS) is 2.67. The van der Waals surface area contributed by atoms with Crippen molar-refractivity contribution in [1.82, 2.24) is 0 Å². The molecule has 0 saturated carbocycles. The topological polar surface area (TPSA) is 83.4 Å². The Morgan fingerprint density at radius 3 is 1.11 bits per heavy atom. The van der Waals surface area contributed by atoms with Crippen molar-refractivity contribution >= 4 is 5.84 Å². The van der Waals surface area contributed by atoms with Crippen LogP contribution in [-0.4, -0.2) is 5.84 Å². The molecule has 0 aromatic heterocycles. The molecule has 0 aliphatic carbocycles. The van der Waals surface area contributed by atoms with Gasteiger partial charge in [-0.1, -0.05) is 5.84 Å². The Morgan fingerprint density at radius 2 is 1.11 bits per heavy atom. The average molecular weight is 429 g/mol. The van der Waals surface area contributed by atoms with E-state index >= 15 is 0 Å². The molecule has 0 aliphatic heterocycles. The van der Waals surface area contributed by atoms with E-state index in [0.717, 1.165) is 0 Å². The molecular weight excluding hydrogens is 422 g/mol. The summed E-state index contributed by atoms with van der Waals surface area (Å²) in [5, 5.41) is 6.17. The van der Waals surface area contributed by atoms with E-state index < -0.39 is 0 Å². The number of amidine groups is 1. The SMILES string of the molecule is [CH2-]C(=N)N.[NH2-].[Y].[Y].[Y].[Y]. The third-order valence-electron chi connectivity index (χ3n) is 0. The van der Waals surface area contributed by atoms with Gasteiger partial charge in [-0.3, -0.25) is 0 Å². The maximum Gasteiger partial charge on any atom is 0 e. The molecule has 7 heteroatoms. The van der Waals surface area contributed by atoms with Crippen LogP contribution in [0.15, 0.2) is 0 Å². The van der Waals surface area contributed by atoms with E-state index in [1.54, 1.807) is 0 Å². The third kappa shape index (κ3) is 80.1. The minimum atomic E-state index is -0.0833.